The normalized spacial score (nSPS) is 16.8. The number of ketones is 1. The van der Waals surface area contributed by atoms with Gasteiger partial charge in [-0.25, -0.2) is 0 Å². The zero-order valence-electron chi connectivity index (χ0n) is 14.8. The van der Waals surface area contributed by atoms with Gasteiger partial charge in [-0.3, -0.25) is 14.4 Å². The van der Waals surface area contributed by atoms with Crippen LogP contribution in [-0.2, 0) is 14.4 Å². The Bertz CT molecular complexity index is 769. The number of benzene rings is 1. The van der Waals surface area contributed by atoms with Crippen LogP contribution in [0.1, 0.15) is 31.4 Å². The minimum atomic E-state index is -0.987. The molecule has 1 aliphatic heterocycles. The molecule has 0 spiro atoms. The van der Waals surface area contributed by atoms with Gasteiger partial charge in [-0.2, -0.15) is 0 Å². The third-order valence-electron chi connectivity index (χ3n) is 4.21. The lowest BCUT2D eigenvalue weighted by atomic mass is 9.95. The van der Waals surface area contributed by atoms with E-state index in [0.29, 0.717) is 17.1 Å². The molecule has 8 heteroatoms. The molecule has 2 N–H and O–H groups in total. The van der Waals surface area contributed by atoms with E-state index >= 15 is 0 Å². The first-order chi connectivity index (χ1) is 12.3. The highest BCUT2D eigenvalue weighted by Crippen LogP contribution is 2.42. The molecule has 1 aromatic rings. The number of carboxylic acids is 1. The topological polar surface area (TPSA) is 113 Å². The third-order valence-corrected chi connectivity index (χ3v) is 4.21. The summed E-state index contributed by atoms with van der Waals surface area (Å²) in [7, 11) is 2.94. The Kier molecular flexibility index (Phi) is 5.86. The highest BCUT2D eigenvalue weighted by molar-refractivity contribution is 6.08. The number of carboxylic acid groups (broad SMARTS) is 1. The molecule has 0 aromatic heterocycles. The number of nitrogens with zero attached hydrogens (tertiary/aromatic N) is 1. The number of Topliss-reactive ketones (excluding diaryl/α,β-unsaturated/α-hetero) is 1. The molecule has 140 valence electrons. The van der Waals surface area contributed by atoms with Crippen molar-refractivity contribution < 1.29 is 34.1 Å². The zero-order valence-corrected chi connectivity index (χ0v) is 14.8. The number of rotatable bonds is 8. The van der Waals surface area contributed by atoms with E-state index in [1.807, 2.05) is 0 Å². The number of hydrogen-bond donors (Lipinski definition) is 2. The van der Waals surface area contributed by atoms with E-state index in [1.165, 1.54) is 26.0 Å². The molecule has 1 amide bonds. The van der Waals surface area contributed by atoms with E-state index in [-0.39, 0.29) is 25.0 Å². The van der Waals surface area contributed by atoms with Gasteiger partial charge in [-0.05, 0) is 25.5 Å². The lowest BCUT2D eigenvalue weighted by Gasteiger charge is -2.27. The molecule has 0 fully saturated rings. The van der Waals surface area contributed by atoms with Gasteiger partial charge in [0.2, 0.25) is 0 Å². The summed E-state index contributed by atoms with van der Waals surface area (Å²) >= 11 is 0. The number of aliphatic hydroxyl groups excluding tert-OH is 1. The summed E-state index contributed by atoms with van der Waals surface area (Å²) in [6.07, 6.45) is 0.0565. The SMILES string of the molecule is COc1ccc([C@@H]2C(C(C)=O)=C(O)C(=O)N2CCCC(=O)O)c(OC)c1. The summed E-state index contributed by atoms with van der Waals surface area (Å²) in [5.41, 5.74) is 0.472. The fraction of sp³-hybridized carbons (Fsp3) is 0.389. The molecular weight excluding hydrogens is 342 g/mol. The number of aliphatic carboxylic acids is 1. The maximum atomic E-state index is 12.5. The number of hydrogen-bond acceptors (Lipinski definition) is 6. The van der Waals surface area contributed by atoms with E-state index in [1.54, 1.807) is 18.2 Å². The number of aliphatic hydroxyl groups is 1. The van der Waals surface area contributed by atoms with Gasteiger partial charge < -0.3 is 24.6 Å². The molecule has 0 radical (unpaired) electrons. The monoisotopic (exact) mass is 363 g/mol. The predicted molar refractivity (Wildman–Crippen MR) is 91.2 cm³/mol. The van der Waals surface area contributed by atoms with Crippen LogP contribution in [0, 0.1) is 0 Å². The zero-order chi connectivity index (χ0) is 19.4. The van der Waals surface area contributed by atoms with Crippen LogP contribution in [0.25, 0.3) is 0 Å². The maximum Gasteiger partial charge on any atom is 0.303 e. The standard InChI is InChI=1S/C18H21NO7/c1-10(20)15-16(12-7-6-11(25-2)9-13(12)26-3)19(18(24)17(15)23)8-4-5-14(21)22/h6-7,9,16,23H,4-5,8H2,1-3H3,(H,21,22)/t16-/m1/s1. The molecule has 0 saturated heterocycles. The highest BCUT2D eigenvalue weighted by Gasteiger charge is 2.43. The summed E-state index contributed by atoms with van der Waals surface area (Å²) in [5.74, 6) is -1.83. The molecule has 0 aliphatic carbocycles. The van der Waals surface area contributed by atoms with Crippen molar-refractivity contribution in [3.63, 3.8) is 0 Å². The lowest BCUT2D eigenvalue weighted by molar-refractivity contribution is -0.138. The smallest absolute Gasteiger partial charge is 0.303 e. The van der Waals surface area contributed by atoms with Crippen LogP contribution >= 0.6 is 0 Å². The first-order valence-electron chi connectivity index (χ1n) is 8.00. The highest BCUT2D eigenvalue weighted by atomic mass is 16.5. The minimum absolute atomic E-state index is 0.0335. The molecule has 0 bridgehead atoms. The van der Waals surface area contributed by atoms with Gasteiger partial charge in [0.15, 0.2) is 11.5 Å². The van der Waals surface area contributed by atoms with Gasteiger partial charge in [-0.15, -0.1) is 0 Å². The van der Waals surface area contributed by atoms with Crippen LogP contribution in [0.2, 0.25) is 0 Å². The minimum Gasteiger partial charge on any atom is -0.503 e. The van der Waals surface area contributed by atoms with E-state index in [2.05, 4.69) is 0 Å². The Morgan fingerprint density at radius 3 is 2.46 bits per heavy atom. The van der Waals surface area contributed by atoms with Crippen molar-refractivity contribution in [3.05, 3.63) is 35.1 Å². The van der Waals surface area contributed by atoms with Crippen molar-refractivity contribution in [1.29, 1.82) is 0 Å². The van der Waals surface area contributed by atoms with Crippen molar-refractivity contribution in [3.8, 4) is 11.5 Å². The molecule has 0 saturated carbocycles. The molecule has 8 nitrogen and oxygen atoms in total. The second-order valence-electron chi connectivity index (χ2n) is 5.82. The number of carbonyl (C=O) groups is 3. The molecular formula is C18H21NO7. The Hall–Kier alpha value is -3.03. The second-order valence-corrected chi connectivity index (χ2v) is 5.82. The number of ether oxygens (including phenoxy) is 2. The summed E-state index contributed by atoms with van der Waals surface area (Å²) in [6.45, 7) is 1.34. The van der Waals surface area contributed by atoms with Gasteiger partial charge >= 0.3 is 5.97 Å². The van der Waals surface area contributed by atoms with Crippen LogP contribution in [0.5, 0.6) is 11.5 Å². The average Bonchev–Trinajstić information content (AvgIpc) is 2.85. The van der Waals surface area contributed by atoms with E-state index in [4.69, 9.17) is 14.6 Å². The summed E-state index contributed by atoms with van der Waals surface area (Å²) in [5, 5.41) is 19.0. The predicted octanol–water partition coefficient (Wildman–Crippen LogP) is 1.85. The van der Waals surface area contributed by atoms with Crippen LogP contribution in [0.4, 0.5) is 0 Å². The Morgan fingerprint density at radius 2 is 1.92 bits per heavy atom. The molecule has 1 atom stereocenters. The quantitative estimate of drug-likeness (QED) is 0.724. The van der Waals surface area contributed by atoms with Gasteiger partial charge in [0.05, 0.1) is 25.8 Å². The second kappa shape index (κ2) is 7.90. The molecule has 1 aromatic carbocycles. The van der Waals surface area contributed by atoms with Crippen molar-refractivity contribution in [2.24, 2.45) is 0 Å². The lowest BCUT2D eigenvalue weighted by Crippen LogP contribution is -2.32. The van der Waals surface area contributed by atoms with Crippen molar-refractivity contribution in [2.75, 3.05) is 20.8 Å². The molecule has 26 heavy (non-hydrogen) atoms. The van der Waals surface area contributed by atoms with Gasteiger partial charge in [0, 0.05) is 24.6 Å². The number of methoxy groups -OCH3 is 2. The van der Waals surface area contributed by atoms with Gasteiger partial charge in [-0.1, -0.05) is 0 Å². The number of carbonyl (C=O) groups excluding carboxylic acids is 2. The van der Waals surface area contributed by atoms with Gasteiger partial charge in [0.25, 0.3) is 5.91 Å². The largest absolute Gasteiger partial charge is 0.503 e. The Morgan fingerprint density at radius 1 is 1.23 bits per heavy atom. The van der Waals surface area contributed by atoms with Gasteiger partial charge in [0.1, 0.15) is 11.5 Å². The van der Waals surface area contributed by atoms with Crippen LogP contribution in [0.15, 0.2) is 29.5 Å². The molecule has 1 heterocycles. The first kappa shape index (κ1) is 19.3. The average molecular weight is 363 g/mol. The van der Waals surface area contributed by atoms with E-state index in [9.17, 15) is 19.5 Å². The van der Waals surface area contributed by atoms with Crippen molar-refractivity contribution >= 4 is 17.7 Å². The van der Waals surface area contributed by atoms with Crippen LogP contribution in [0.3, 0.4) is 0 Å². The summed E-state index contributed by atoms with van der Waals surface area (Å²) < 4.78 is 10.5. The van der Waals surface area contributed by atoms with Crippen LogP contribution < -0.4 is 9.47 Å². The molecule has 0 unspecified atom stereocenters. The first-order valence-corrected chi connectivity index (χ1v) is 8.00. The third kappa shape index (κ3) is 3.63. The van der Waals surface area contributed by atoms with Crippen LogP contribution in [-0.4, -0.2) is 53.5 Å². The fourth-order valence-corrected chi connectivity index (χ4v) is 3.01. The summed E-state index contributed by atoms with van der Waals surface area (Å²) in [4.78, 5) is 36.6. The summed E-state index contributed by atoms with van der Waals surface area (Å²) in [6, 6.07) is 4.07. The van der Waals surface area contributed by atoms with Crippen molar-refractivity contribution in [2.45, 2.75) is 25.8 Å². The molecule has 2 rings (SSSR count). The van der Waals surface area contributed by atoms with E-state index < -0.39 is 29.5 Å². The van der Waals surface area contributed by atoms with Crippen molar-refractivity contribution in [1.82, 2.24) is 4.90 Å². The number of amides is 1. The molecule has 1 aliphatic rings. The maximum absolute atomic E-state index is 12.5. The Balaban J connectivity index is 2.49. The van der Waals surface area contributed by atoms with E-state index in [0.717, 1.165) is 0 Å². The Labute approximate surface area is 150 Å². The fourth-order valence-electron chi connectivity index (χ4n) is 3.01.